The second-order valence-corrected chi connectivity index (χ2v) is 7.39. The van der Waals surface area contributed by atoms with Gasteiger partial charge in [-0.1, -0.05) is 0 Å². The van der Waals surface area contributed by atoms with Crippen LogP contribution in [0.3, 0.4) is 0 Å². The molecule has 26 heavy (non-hydrogen) atoms. The van der Waals surface area contributed by atoms with Crippen LogP contribution in [0.2, 0.25) is 0 Å². The number of methoxy groups -OCH3 is 1. The smallest absolute Gasteiger partial charge is 0.348 e. The predicted octanol–water partition coefficient (Wildman–Crippen LogP) is 4.11. The van der Waals surface area contributed by atoms with Crippen molar-refractivity contribution in [2.45, 2.75) is 6.42 Å². The predicted molar refractivity (Wildman–Crippen MR) is 94.9 cm³/mol. The van der Waals surface area contributed by atoms with E-state index in [9.17, 15) is 18.4 Å². The maximum atomic E-state index is 13.2. The van der Waals surface area contributed by atoms with Crippen LogP contribution in [-0.2, 0) is 11.2 Å². The summed E-state index contributed by atoms with van der Waals surface area (Å²) in [6.45, 7) is 0. The molecule has 5 nitrogen and oxygen atoms in total. The maximum Gasteiger partial charge on any atom is 0.348 e. The lowest BCUT2D eigenvalue weighted by Crippen LogP contribution is -2.09. The third-order valence-electron chi connectivity index (χ3n) is 3.29. The molecule has 0 spiro atoms. The topological polar surface area (TPSA) is 68.3 Å². The van der Waals surface area contributed by atoms with Gasteiger partial charge in [-0.05, 0) is 29.8 Å². The van der Waals surface area contributed by atoms with Crippen molar-refractivity contribution >= 4 is 39.7 Å². The minimum Gasteiger partial charge on any atom is -0.465 e. The van der Waals surface area contributed by atoms with Crippen LogP contribution in [0.5, 0.6) is 0 Å². The molecule has 1 N–H and O–H groups in total. The number of hydrogen-bond acceptors (Lipinski definition) is 6. The number of ether oxygens (including phenoxy) is 1. The van der Waals surface area contributed by atoms with Gasteiger partial charge in [0.25, 0.3) is 5.91 Å². The fourth-order valence-corrected chi connectivity index (χ4v) is 3.85. The van der Waals surface area contributed by atoms with E-state index >= 15 is 0 Å². The van der Waals surface area contributed by atoms with Gasteiger partial charge < -0.3 is 4.74 Å². The van der Waals surface area contributed by atoms with E-state index < -0.39 is 23.5 Å². The van der Waals surface area contributed by atoms with Gasteiger partial charge in [0.05, 0.1) is 12.0 Å². The number of carbonyl (C=O) groups excluding carboxylic acids is 2. The van der Waals surface area contributed by atoms with Gasteiger partial charge >= 0.3 is 5.97 Å². The number of esters is 1. The molecule has 0 aliphatic heterocycles. The van der Waals surface area contributed by atoms with Gasteiger partial charge in [0.1, 0.15) is 16.5 Å². The Kier molecular flexibility index (Phi) is 5.38. The Balaban J connectivity index is 1.67. The highest BCUT2D eigenvalue weighted by atomic mass is 32.1. The molecule has 0 aliphatic rings. The van der Waals surface area contributed by atoms with Crippen LogP contribution in [0.4, 0.5) is 13.9 Å². The molecule has 0 atom stereocenters. The summed E-state index contributed by atoms with van der Waals surface area (Å²) >= 11 is 2.22. The van der Waals surface area contributed by atoms with Gasteiger partial charge in [0, 0.05) is 23.6 Å². The molecule has 1 aromatic carbocycles. The van der Waals surface area contributed by atoms with Gasteiger partial charge in [-0.3, -0.25) is 10.1 Å². The second-order valence-electron chi connectivity index (χ2n) is 5.20. The van der Waals surface area contributed by atoms with E-state index in [2.05, 4.69) is 15.0 Å². The van der Waals surface area contributed by atoms with Gasteiger partial charge in [-0.15, -0.1) is 22.7 Å². The van der Waals surface area contributed by atoms with Crippen molar-refractivity contribution in [2.75, 3.05) is 12.4 Å². The Labute approximate surface area is 155 Å². The molecule has 2 aromatic heterocycles. The molecule has 0 fully saturated rings. The molecule has 3 aromatic rings. The average Bonchev–Trinajstić information content (AvgIpc) is 3.23. The second kappa shape index (κ2) is 7.71. The van der Waals surface area contributed by atoms with E-state index in [4.69, 9.17) is 0 Å². The third kappa shape index (κ3) is 4.30. The number of nitrogens with one attached hydrogen (secondary N) is 1. The van der Waals surface area contributed by atoms with Gasteiger partial charge in [0.2, 0.25) is 0 Å². The van der Waals surface area contributed by atoms with Crippen molar-refractivity contribution in [1.82, 2.24) is 4.98 Å². The van der Waals surface area contributed by atoms with Crippen LogP contribution in [0.1, 0.15) is 29.8 Å². The highest BCUT2D eigenvalue weighted by Crippen LogP contribution is 2.24. The van der Waals surface area contributed by atoms with Crippen LogP contribution in [0.25, 0.3) is 0 Å². The van der Waals surface area contributed by atoms with E-state index in [1.807, 2.05) is 0 Å². The molecule has 0 unspecified atom stereocenters. The Hall–Kier alpha value is -2.65. The molecule has 134 valence electrons. The van der Waals surface area contributed by atoms with Crippen LogP contribution < -0.4 is 5.32 Å². The molecule has 0 aliphatic carbocycles. The van der Waals surface area contributed by atoms with Gasteiger partial charge in [-0.25, -0.2) is 18.6 Å². The summed E-state index contributed by atoms with van der Waals surface area (Å²) in [4.78, 5) is 29.1. The lowest BCUT2D eigenvalue weighted by Gasteiger charge is -2.00. The largest absolute Gasteiger partial charge is 0.465 e. The van der Waals surface area contributed by atoms with Crippen LogP contribution in [0.15, 0.2) is 36.5 Å². The summed E-state index contributed by atoms with van der Waals surface area (Å²) in [5, 5.41) is 2.99. The zero-order valence-electron chi connectivity index (χ0n) is 13.4. The molecule has 1 amide bonds. The van der Waals surface area contributed by atoms with Crippen molar-refractivity contribution in [3.05, 3.63) is 68.4 Å². The highest BCUT2D eigenvalue weighted by molar-refractivity contribution is 7.17. The monoisotopic (exact) mass is 394 g/mol. The fraction of sp³-hybridized carbons (Fsp3) is 0.118. The lowest BCUT2D eigenvalue weighted by atomic mass is 10.1. The first-order valence-electron chi connectivity index (χ1n) is 7.34. The quantitative estimate of drug-likeness (QED) is 0.661. The Morgan fingerprint density at radius 1 is 1.12 bits per heavy atom. The van der Waals surface area contributed by atoms with E-state index in [-0.39, 0.29) is 0 Å². The summed E-state index contributed by atoms with van der Waals surface area (Å²) in [7, 11) is 1.27. The van der Waals surface area contributed by atoms with Crippen molar-refractivity contribution in [1.29, 1.82) is 0 Å². The van der Waals surface area contributed by atoms with Crippen molar-refractivity contribution < 1.29 is 23.1 Å². The number of amides is 1. The fourth-order valence-electron chi connectivity index (χ4n) is 2.19. The molecule has 3 rings (SSSR count). The lowest BCUT2D eigenvalue weighted by molar-refractivity contribution is 0.0606. The number of halogens is 2. The van der Waals surface area contributed by atoms with Crippen LogP contribution >= 0.6 is 22.7 Å². The third-order valence-corrected chi connectivity index (χ3v) is 5.27. The first kappa shape index (κ1) is 18.2. The van der Waals surface area contributed by atoms with E-state index in [1.165, 1.54) is 48.9 Å². The summed E-state index contributed by atoms with van der Waals surface area (Å²) in [5.74, 6) is -2.19. The Bertz CT molecular complexity index is 948. The normalized spacial score (nSPS) is 10.6. The molecule has 0 radical (unpaired) electrons. The summed E-state index contributed by atoms with van der Waals surface area (Å²) in [6, 6.07) is 6.35. The molecular formula is C17H12F2N2O3S2. The highest BCUT2D eigenvalue weighted by Gasteiger charge is 2.15. The number of thiophene rings is 1. The number of aromatic nitrogens is 1. The molecule has 0 saturated carbocycles. The number of benzene rings is 1. The minimum absolute atomic E-state index is 0.299. The van der Waals surface area contributed by atoms with Crippen LogP contribution in [-0.4, -0.2) is 24.0 Å². The average molecular weight is 394 g/mol. The SMILES string of the molecule is COC(=O)c1ccc(C(=O)Nc2ncc(Cc3cc(F)cc(F)c3)s2)s1. The number of nitrogens with zero attached hydrogens (tertiary/aromatic N) is 1. The van der Waals surface area contributed by atoms with Crippen LogP contribution in [0, 0.1) is 11.6 Å². The zero-order valence-corrected chi connectivity index (χ0v) is 15.0. The van der Waals surface area contributed by atoms with Gasteiger partial charge in [0.15, 0.2) is 5.13 Å². The Morgan fingerprint density at radius 2 is 1.81 bits per heavy atom. The molecule has 0 bridgehead atoms. The molecule has 0 saturated heterocycles. The molecule has 2 heterocycles. The standard InChI is InChI=1S/C17H12F2N2O3S2/c1-24-16(23)14-3-2-13(26-14)15(22)21-17-20-8-12(25-17)6-9-4-10(18)7-11(19)5-9/h2-5,7-8H,6H2,1H3,(H,20,21,22). The number of thiazole rings is 1. The summed E-state index contributed by atoms with van der Waals surface area (Å²) in [6.07, 6.45) is 1.84. The number of rotatable bonds is 5. The van der Waals surface area contributed by atoms with Gasteiger partial charge in [-0.2, -0.15) is 0 Å². The number of carbonyl (C=O) groups is 2. The summed E-state index contributed by atoms with van der Waals surface area (Å²) in [5.41, 5.74) is 0.477. The summed E-state index contributed by atoms with van der Waals surface area (Å²) < 4.78 is 31.1. The van der Waals surface area contributed by atoms with E-state index in [1.54, 1.807) is 0 Å². The van der Waals surface area contributed by atoms with E-state index in [0.717, 1.165) is 22.3 Å². The van der Waals surface area contributed by atoms with Crippen molar-refractivity contribution in [3.63, 3.8) is 0 Å². The zero-order chi connectivity index (χ0) is 18.7. The molecule has 9 heteroatoms. The van der Waals surface area contributed by atoms with Crippen molar-refractivity contribution in [3.8, 4) is 0 Å². The maximum absolute atomic E-state index is 13.2. The first-order valence-corrected chi connectivity index (χ1v) is 8.97. The Morgan fingerprint density at radius 3 is 2.50 bits per heavy atom. The van der Waals surface area contributed by atoms with Crippen molar-refractivity contribution in [2.24, 2.45) is 0 Å². The number of anilines is 1. The molecular weight excluding hydrogens is 382 g/mol. The first-order chi connectivity index (χ1) is 12.4. The minimum atomic E-state index is -0.642. The van der Waals surface area contributed by atoms with E-state index in [0.29, 0.717) is 26.9 Å². The number of hydrogen-bond donors (Lipinski definition) is 1.